The van der Waals surface area contributed by atoms with Crippen molar-refractivity contribution >= 4 is 45.3 Å². The molecule has 10 nitrogen and oxygen atoms in total. The summed E-state index contributed by atoms with van der Waals surface area (Å²) in [5.41, 5.74) is 7.38. The second kappa shape index (κ2) is 14.0. The number of ether oxygens (including phenoxy) is 2. The average molecular weight is 646 g/mol. The van der Waals surface area contributed by atoms with Gasteiger partial charge in [0.25, 0.3) is 0 Å². The van der Waals surface area contributed by atoms with E-state index in [0.717, 1.165) is 76.5 Å². The number of carbonyl (C=O) groups excluding carboxylic acids is 1. The summed E-state index contributed by atoms with van der Waals surface area (Å²) < 4.78 is 12.7. The first-order valence-electron chi connectivity index (χ1n) is 15.6. The van der Waals surface area contributed by atoms with E-state index in [-0.39, 0.29) is 11.9 Å². The van der Waals surface area contributed by atoms with Crippen LogP contribution in [0.15, 0.2) is 103 Å². The monoisotopic (exact) mass is 645 g/mol. The summed E-state index contributed by atoms with van der Waals surface area (Å²) >= 11 is 1.58. The van der Waals surface area contributed by atoms with Gasteiger partial charge in [0.05, 0.1) is 37.6 Å². The van der Waals surface area contributed by atoms with E-state index in [1.54, 1.807) is 17.5 Å². The van der Waals surface area contributed by atoms with Crippen molar-refractivity contribution in [2.75, 3.05) is 55.5 Å². The molecule has 1 aliphatic rings. The van der Waals surface area contributed by atoms with Gasteiger partial charge in [-0.2, -0.15) is 0 Å². The molecule has 1 unspecified atom stereocenters. The molecule has 11 heteroatoms. The van der Waals surface area contributed by atoms with Gasteiger partial charge in [0.15, 0.2) is 4.96 Å². The number of methoxy groups -OCH3 is 1. The number of imidazole rings is 1. The highest BCUT2D eigenvalue weighted by Gasteiger charge is 2.22. The van der Waals surface area contributed by atoms with E-state index in [1.807, 2.05) is 72.2 Å². The molecular weight excluding hydrogens is 611 g/mol. The Morgan fingerprint density at radius 1 is 0.979 bits per heavy atom. The Kier molecular flexibility index (Phi) is 9.07. The minimum Gasteiger partial charge on any atom is -0.469 e. The number of anilines is 4. The van der Waals surface area contributed by atoms with Crippen molar-refractivity contribution in [1.29, 1.82) is 0 Å². The standard InChI is InChI=1S/C36H35N7O3S/c1-45-34(44)30(25-7-3-2-4-8-25)13-15-37-27-10-5-9-26(23-27)32-33(43-19-22-47-36(43)41-32)31-14-16-38-35(40-31)39-28-11-6-12-29(24-28)42-17-20-46-21-18-42/h2-12,14,16,19,22-24,30,37H,13,15,17-18,20-21H2,1H3,(H,38,39,40). The molecule has 1 aliphatic heterocycles. The summed E-state index contributed by atoms with van der Waals surface area (Å²) in [7, 11) is 1.43. The number of rotatable bonds is 11. The van der Waals surface area contributed by atoms with E-state index in [2.05, 4.69) is 49.2 Å². The van der Waals surface area contributed by atoms with Gasteiger partial charge < -0.3 is 25.0 Å². The number of thiazole rings is 1. The number of nitrogens with one attached hydrogen (secondary N) is 2. The van der Waals surface area contributed by atoms with E-state index in [0.29, 0.717) is 18.9 Å². The normalized spacial score (nSPS) is 13.8. The van der Waals surface area contributed by atoms with E-state index >= 15 is 0 Å². The number of esters is 1. The highest BCUT2D eigenvalue weighted by Crippen LogP contribution is 2.35. The van der Waals surface area contributed by atoms with Crippen LogP contribution >= 0.6 is 11.3 Å². The van der Waals surface area contributed by atoms with Gasteiger partial charge in [-0.3, -0.25) is 9.20 Å². The minimum atomic E-state index is -0.342. The zero-order valence-electron chi connectivity index (χ0n) is 26.0. The van der Waals surface area contributed by atoms with Crippen LogP contribution in [0.2, 0.25) is 0 Å². The largest absolute Gasteiger partial charge is 0.469 e. The predicted octanol–water partition coefficient (Wildman–Crippen LogP) is 6.86. The van der Waals surface area contributed by atoms with Crippen LogP contribution in [0.5, 0.6) is 0 Å². The molecule has 6 aromatic rings. The molecule has 238 valence electrons. The van der Waals surface area contributed by atoms with Crippen LogP contribution in [-0.4, -0.2) is 65.3 Å². The van der Waals surface area contributed by atoms with Crippen LogP contribution in [0, 0.1) is 0 Å². The quantitative estimate of drug-likeness (QED) is 0.146. The Hall–Kier alpha value is -5.26. The number of hydrogen-bond donors (Lipinski definition) is 2. The van der Waals surface area contributed by atoms with Crippen LogP contribution in [0.25, 0.3) is 27.6 Å². The summed E-state index contributed by atoms with van der Waals surface area (Å²) in [6.45, 7) is 3.80. The number of fused-ring (bicyclic) bond motifs is 1. The first-order chi connectivity index (χ1) is 23.2. The second-order valence-electron chi connectivity index (χ2n) is 11.2. The molecule has 0 spiro atoms. The fourth-order valence-corrected chi connectivity index (χ4v) is 6.61. The highest BCUT2D eigenvalue weighted by atomic mass is 32.1. The fraction of sp³-hybridized carbons (Fsp3) is 0.222. The first kappa shape index (κ1) is 30.4. The number of hydrogen-bond acceptors (Lipinski definition) is 10. The van der Waals surface area contributed by atoms with E-state index < -0.39 is 0 Å². The van der Waals surface area contributed by atoms with Crippen molar-refractivity contribution in [2.24, 2.45) is 0 Å². The molecule has 1 atom stereocenters. The predicted molar refractivity (Wildman–Crippen MR) is 187 cm³/mol. The van der Waals surface area contributed by atoms with Crippen molar-refractivity contribution in [3.8, 4) is 22.6 Å². The first-order valence-corrected chi connectivity index (χ1v) is 16.5. The van der Waals surface area contributed by atoms with E-state index in [9.17, 15) is 4.79 Å². The smallest absolute Gasteiger partial charge is 0.313 e. The van der Waals surface area contributed by atoms with Crippen LogP contribution in [0.4, 0.5) is 23.0 Å². The molecule has 7 rings (SSSR count). The number of nitrogens with zero attached hydrogens (tertiary/aromatic N) is 5. The minimum absolute atomic E-state index is 0.238. The zero-order chi connectivity index (χ0) is 32.0. The summed E-state index contributed by atoms with van der Waals surface area (Å²) in [6, 6.07) is 28.1. The van der Waals surface area contributed by atoms with Crippen LogP contribution in [0.1, 0.15) is 17.9 Å². The molecule has 0 aliphatic carbocycles. The second-order valence-corrected chi connectivity index (χ2v) is 12.1. The van der Waals surface area contributed by atoms with Crippen LogP contribution in [-0.2, 0) is 14.3 Å². The van der Waals surface area contributed by atoms with Crippen molar-refractivity contribution in [3.63, 3.8) is 0 Å². The van der Waals surface area contributed by atoms with Gasteiger partial charge in [-0.1, -0.05) is 48.5 Å². The Balaban J connectivity index is 1.12. The molecule has 47 heavy (non-hydrogen) atoms. The van der Waals surface area contributed by atoms with Gasteiger partial charge >= 0.3 is 5.97 Å². The Morgan fingerprint density at radius 2 is 1.81 bits per heavy atom. The SMILES string of the molecule is COC(=O)C(CCNc1cccc(-c2nc3sccn3c2-c2ccnc(Nc3cccc(N4CCOCC4)c3)n2)c1)c1ccccc1. The lowest BCUT2D eigenvalue weighted by molar-refractivity contribution is -0.142. The van der Waals surface area contributed by atoms with Crippen molar-refractivity contribution < 1.29 is 14.3 Å². The van der Waals surface area contributed by atoms with E-state index in [1.165, 1.54) is 7.11 Å². The fourth-order valence-electron chi connectivity index (χ4n) is 5.90. The third-order valence-electron chi connectivity index (χ3n) is 8.22. The molecule has 0 amide bonds. The maximum Gasteiger partial charge on any atom is 0.313 e. The molecule has 0 radical (unpaired) electrons. The summed E-state index contributed by atoms with van der Waals surface area (Å²) in [5, 5.41) is 8.92. The molecule has 0 saturated carbocycles. The lowest BCUT2D eigenvalue weighted by Gasteiger charge is -2.29. The van der Waals surface area contributed by atoms with Gasteiger partial charge in [-0.05, 0) is 48.4 Å². The Morgan fingerprint density at radius 3 is 2.66 bits per heavy atom. The summed E-state index contributed by atoms with van der Waals surface area (Å²) in [5.74, 6) is -0.0736. The Labute approximate surface area is 277 Å². The third kappa shape index (κ3) is 6.81. The molecule has 4 heterocycles. The third-order valence-corrected chi connectivity index (χ3v) is 8.98. The molecule has 0 bridgehead atoms. The Bertz CT molecular complexity index is 1970. The lowest BCUT2D eigenvalue weighted by atomic mass is 9.96. The summed E-state index contributed by atoms with van der Waals surface area (Å²) in [6.07, 6.45) is 4.39. The van der Waals surface area contributed by atoms with E-state index in [4.69, 9.17) is 19.4 Å². The zero-order valence-corrected chi connectivity index (χ0v) is 26.8. The molecule has 1 saturated heterocycles. The molecule has 2 N–H and O–H groups in total. The number of carbonyl (C=O) groups is 1. The van der Waals surface area contributed by atoms with Gasteiger partial charge in [0.1, 0.15) is 5.69 Å². The van der Waals surface area contributed by atoms with Crippen LogP contribution in [0.3, 0.4) is 0 Å². The van der Waals surface area contributed by atoms with Gasteiger partial charge in [0.2, 0.25) is 5.95 Å². The maximum absolute atomic E-state index is 12.6. The lowest BCUT2D eigenvalue weighted by Crippen LogP contribution is -2.36. The number of morpholine rings is 1. The molecule has 3 aromatic carbocycles. The van der Waals surface area contributed by atoms with Gasteiger partial charge in [-0.15, -0.1) is 11.3 Å². The van der Waals surface area contributed by atoms with Gasteiger partial charge in [-0.25, -0.2) is 15.0 Å². The topological polar surface area (TPSA) is 106 Å². The van der Waals surface area contributed by atoms with Crippen molar-refractivity contribution in [1.82, 2.24) is 19.4 Å². The number of benzene rings is 3. The molecule has 3 aromatic heterocycles. The average Bonchev–Trinajstić information content (AvgIpc) is 3.73. The van der Waals surface area contributed by atoms with Crippen molar-refractivity contribution in [3.05, 3.63) is 108 Å². The molecular formula is C36H35N7O3S. The number of aromatic nitrogens is 4. The van der Waals surface area contributed by atoms with Gasteiger partial charge in [0, 0.05) is 60.0 Å². The maximum atomic E-state index is 12.6. The summed E-state index contributed by atoms with van der Waals surface area (Å²) in [4.78, 5) is 30.2. The van der Waals surface area contributed by atoms with Crippen molar-refractivity contribution in [2.45, 2.75) is 12.3 Å². The highest BCUT2D eigenvalue weighted by molar-refractivity contribution is 7.15. The van der Waals surface area contributed by atoms with Crippen LogP contribution < -0.4 is 15.5 Å². The molecule has 1 fully saturated rings.